The zero-order chi connectivity index (χ0) is 18.1. The number of fused-ring (bicyclic) bond motifs is 1. The van der Waals surface area contributed by atoms with Crippen LogP contribution in [0.3, 0.4) is 0 Å². The van der Waals surface area contributed by atoms with Crippen molar-refractivity contribution >= 4 is 5.97 Å². The van der Waals surface area contributed by atoms with Gasteiger partial charge in [0.05, 0.1) is 18.1 Å². The minimum Gasteiger partial charge on any atom is -0.487 e. The van der Waals surface area contributed by atoms with Crippen LogP contribution in [0.4, 0.5) is 0 Å². The Morgan fingerprint density at radius 3 is 2.52 bits per heavy atom. The molecular formula is C19H26O6. The second kappa shape index (κ2) is 5.56. The molecule has 138 valence electrons. The monoisotopic (exact) mass is 350 g/mol. The Labute approximate surface area is 147 Å². The van der Waals surface area contributed by atoms with Crippen LogP contribution in [-0.4, -0.2) is 51.3 Å². The Bertz CT molecular complexity index is 654. The van der Waals surface area contributed by atoms with E-state index in [1.54, 1.807) is 12.2 Å². The molecule has 3 fully saturated rings. The summed E-state index contributed by atoms with van der Waals surface area (Å²) in [7, 11) is 0. The lowest BCUT2D eigenvalue weighted by Gasteiger charge is -2.54. The predicted molar refractivity (Wildman–Crippen MR) is 88.1 cm³/mol. The number of aliphatic hydroxyl groups excluding tert-OH is 3. The number of aliphatic hydroxyl groups is 3. The lowest BCUT2D eigenvalue weighted by Crippen LogP contribution is -2.63. The standard InChI is InChI=1S/C19H26O6/c1-8-6-9(2)14(21)13-17-19(25-18(13)23)7-10(3)16(24-17)15(22)11(19)4-5-12(8)20/h4-5,8-12,14-16,20-22H,6-7H2,1-3H3/b5-4+/t8-,9+,10+,11+,12?,14?,15-,16?,19+/m0/s1. The molecule has 9 atom stereocenters. The number of hydrogen-bond donors (Lipinski definition) is 3. The van der Waals surface area contributed by atoms with Crippen LogP contribution in [0.5, 0.6) is 0 Å². The summed E-state index contributed by atoms with van der Waals surface area (Å²) >= 11 is 0. The van der Waals surface area contributed by atoms with Crippen molar-refractivity contribution < 1.29 is 29.6 Å². The lowest BCUT2D eigenvalue weighted by molar-refractivity contribution is -0.220. The molecule has 6 nitrogen and oxygen atoms in total. The molecule has 5 bridgehead atoms. The number of ether oxygens (including phenoxy) is 2. The SMILES string of the molecule is C[C@@H]1C[C@H](C)C(O)/C=C/[C@@H]2[C@H](O)C3OC4=C(C(=O)O[C@@]42C[C@H]3C)C1O. The van der Waals surface area contributed by atoms with Crippen LogP contribution in [0, 0.1) is 23.7 Å². The molecule has 0 aromatic heterocycles. The molecule has 3 unspecified atom stereocenters. The van der Waals surface area contributed by atoms with Gasteiger partial charge in [0.25, 0.3) is 0 Å². The van der Waals surface area contributed by atoms with Crippen LogP contribution < -0.4 is 0 Å². The van der Waals surface area contributed by atoms with Gasteiger partial charge < -0.3 is 24.8 Å². The first kappa shape index (κ1) is 17.1. The van der Waals surface area contributed by atoms with E-state index in [9.17, 15) is 20.1 Å². The smallest absolute Gasteiger partial charge is 0.341 e. The third-order valence-corrected chi connectivity index (χ3v) is 6.48. The van der Waals surface area contributed by atoms with Gasteiger partial charge in [0.1, 0.15) is 17.8 Å². The number of hydrogen-bond acceptors (Lipinski definition) is 6. The Morgan fingerprint density at radius 2 is 1.80 bits per heavy atom. The molecule has 0 aromatic rings. The summed E-state index contributed by atoms with van der Waals surface area (Å²) in [6, 6.07) is 0. The van der Waals surface area contributed by atoms with Crippen molar-refractivity contribution in [3.8, 4) is 0 Å². The molecule has 5 rings (SSSR count). The topological polar surface area (TPSA) is 96.2 Å². The lowest BCUT2D eigenvalue weighted by atomic mass is 9.64. The van der Waals surface area contributed by atoms with Gasteiger partial charge in [-0.2, -0.15) is 0 Å². The maximum Gasteiger partial charge on any atom is 0.341 e. The highest BCUT2D eigenvalue weighted by molar-refractivity contribution is 5.94. The van der Waals surface area contributed by atoms with Gasteiger partial charge in [0.2, 0.25) is 0 Å². The van der Waals surface area contributed by atoms with Crippen molar-refractivity contribution in [3.63, 3.8) is 0 Å². The van der Waals surface area contributed by atoms with Gasteiger partial charge in [-0.1, -0.05) is 32.9 Å². The Hall–Kier alpha value is -1.37. The van der Waals surface area contributed by atoms with Gasteiger partial charge in [-0.25, -0.2) is 4.79 Å². The zero-order valence-corrected chi connectivity index (χ0v) is 14.8. The summed E-state index contributed by atoms with van der Waals surface area (Å²) in [4.78, 5) is 12.6. The number of rotatable bonds is 0. The van der Waals surface area contributed by atoms with Crippen LogP contribution in [-0.2, 0) is 14.3 Å². The van der Waals surface area contributed by atoms with Crippen molar-refractivity contribution in [1.29, 1.82) is 0 Å². The average molecular weight is 350 g/mol. The molecule has 3 N–H and O–H groups in total. The predicted octanol–water partition coefficient (Wildman–Crippen LogP) is 0.906. The van der Waals surface area contributed by atoms with Crippen LogP contribution in [0.1, 0.15) is 33.6 Å². The third-order valence-electron chi connectivity index (χ3n) is 6.48. The quantitative estimate of drug-likeness (QED) is 0.444. The second-order valence-corrected chi connectivity index (χ2v) is 8.31. The summed E-state index contributed by atoms with van der Waals surface area (Å²) in [5.41, 5.74) is -0.886. The Morgan fingerprint density at radius 1 is 1.08 bits per heavy atom. The first-order valence-corrected chi connectivity index (χ1v) is 9.13. The highest BCUT2D eigenvalue weighted by Gasteiger charge is 2.66. The van der Waals surface area contributed by atoms with Gasteiger partial charge in [0, 0.05) is 6.42 Å². The molecule has 6 heteroatoms. The first-order valence-electron chi connectivity index (χ1n) is 9.13. The van der Waals surface area contributed by atoms with Crippen LogP contribution in [0.2, 0.25) is 0 Å². The molecule has 0 amide bonds. The fourth-order valence-electron chi connectivity index (χ4n) is 5.06. The molecule has 1 saturated carbocycles. The Balaban J connectivity index is 1.89. The van der Waals surface area contributed by atoms with E-state index in [-0.39, 0.29) is 23.3 Å². The third kappa shape index (κ3) is 2.24. The molecular weight excluding hydrogens is 324 g/mol. The molecule has 0 aromatic carbocycles. The Kier molecular flexibility index (Phi) is 3.80. The minimum absolute atomic E-state index is 0.0269. The number of carbonyl (C=O) groups is 1. The second-order valence-electron chi connectivity index (χ2n) is 8.31. The van der Waals surface area contributed by atoms with Gasteiger partial charge >= 0.3 is 5.97 Å². The van der Waals surface area contributed by atoms with Crippen molar-refractivity contribution in [2.24, 2.45) is 23.7 Å². The molecule has 1 spiro atoms. The van der Waals surface area contributed by atoms with Crippen LogP contribution in [0.15, 0.2) is 23.5 Å². The van der Waals surface area contributed by atoms with E-state index in [0.29, 0.717) is 18.6 Å². The fourth-order valence-corrected chi connectivity index (χ4v) is 5.06. The zero-order valence-electron chi connectivity index (χ0n) is 14.8. The summed E-state index contributed by atoms with van der Waals surface area (Å²) in [6.45, 7) is 5.74. The first-order chi connectivity index (χ1) is 11.8. The van der Waals surface area contributed by atoms with E-state index >= 15 is 0 Å². The van der Waals surface area contributed by atoms with E-state index in [1.165, 1.54) is 0 Å². The maximum atomic E-state index is 12.6. The van der Waals surface area contributed by atoms with Gasteiger partial charge in [-0.3, -0.25) is 0 Å². The summed E-state index contributed by atoms with van der Waals surface area (Å²) < 4.78 is 11.8. The molecule has 25 heavy (non-hydrogen) atoms. The molecule has 0 radical (unpaired) electrons. The molecule has 2 aliphatic carbocycles. The van der Waals surface area contributed by atoms with Crippen LogP contribution in [0.25, 0.3) is 0 Å². The van der Waals surface area contributed by atoms with Crippen LogP contribution >= 0.6 is 0 Å². The summed E-state index contributed by atoms with van der Waals surface area (Å²) in [5, 5.41) is 32.0. The van der Waals surface area contributed by atoms with E-state index < -0.39 is 41.9 Å². The van der Waals surface area contributed by atoms with Crippen molar-refractivity contribution in [3.05, 3.63) is 23.5 Å². The minimum atomic E-state index is -1.08. The van der Waals surface area contributed by atoms with E-state index in [0.717, 1.165) is 0 Å². The normalized spacial score (nSPS) is 53.1. The number of carbonyl (C=O) groups excluding carboxylic acids is 1. The van der Waals surface area contributed by atoms with E-state index in [1.807, 2.05) is 20.8 Å². The largest absolute Gasteiger partial charge is 0.487 e. The fraction of sp³-hybridized carbons (Fsp3) is 0.737. The maximum absolute atomic E-state index is 12.6. The van der Waals surface area contributed by atoms with Gasteiger partial charge in [0.15, 0.2) is 11.4 Å². The van der Waals surface area contributed by atoms with Crippen molar-refractivity contribution in [1.82, 2.24) is 0 Å². The van der Waals surface area contributed by atoms with E-state index in [2.05, 4.69) is 0 Å². The van der Waals surface area contributed by atoms with Gasteiger partial charge in [-0.15, -0.1) is 0 Å². The molecule has 5 aliphatic rings. The summed E-state index contributed by atoms with van der Waals surface area (Å²) in [6.07, 6.45) is 1.58. The molecule has 2 saturated heterocycles. The summed E-state index contributed by atoms with van der Waals surface area (Å²) in [5.74, 6) is -0.926. The average Bonchev–Trinajstić information content (AvgIpc) is 2.83. The highest BCUT2D eigenvalue weighted by atomic mass is 16.6. The van der Waals surface area contributed by atoms with E-state index in [4.69, 9.17) is 9.47 Å². The number of esters is 1. The van der Waals surface area contributed by atoms with Gasteiger partial charge in [-0.05, 0) is 24.2 Å². The molecule has 3 heterocycles. The molecule has 3 aliphatic heterocycles. The van der Waals surface area contributed by atoms with Crippen molar-refractivity contribution in [2.45, 2.75) is 63.6 Å². The van der Waals surface area contributed by atoms with Crippen molar-refractivity contribution in [2.75, 3.05) is 0 Å². The highest BCUT2D eigenvalue weighted by Crippen LogP contribution is 2.57.